The molecule has 3 heteroatoms. The predicted octanol–water partition coefficient (Wildman–Crippen LogP) is 1.52. The van der Waals surface area contributed by atoms with Crippen LogP contribution >= 0.6 is 0 Å². The maximum Gasteiger partial charge on any atom is 0.221 e. The molecule has 17 heavy (non-hydrogen) atoms. The van der Waals surface area contributed by atoms with Gasteiger partial charge in [-0.1, -0.05) is 13.8 Å². The molecule has 0 spiro atoms. The lowest BCUT2D eigenvalue weighted by Gasteiger charge is -2.16. The highest BCUT2D eigenvalue weighted by Crippen LogP contribution is 2.65. The van der Waals surface area contributed by atoms with E-state index in [1.165, 1.54) is 19.3 Å². The second kappa shape index (κ2) is 3.98. The van der Waals surface area contributed by atoms with E-state index in [0.717, 1.165) is 23.7 Å². The van der Waals surface area contributed by atoms with Crippen LogP contribution in [-0.4, -0.2) is 18.0 Å². The molecule has 0 heterocycles. The first-order valence-electron chi connectivity index (χ1n) is 7.13. The SMILES string of the molecule is CC(C)C(N)CC(=O)NC1C2C3CCC(C3)C12. The van der Waals surface area contributed by atoms with Crippen molar-refractivity contribution in [2.45, 2.75) is 51.6 Å². The van der Waals surface area contributed by atoms with Gasteiger partial charge in [0.1, 0.15) is 0 Å². The summed E-state index contributed by atoms with van der Waals surface area (Å²) in [4.78, 5) is 11.9. The van der Waals surface area contributed by atoms with Crippen molar-refractivity contribution < 1.29 is 4.79 Å². The Kier molecular flexibility index (Phi) is 2.69. The summed E-state index contributed by atoms with van der Waals surface area (Å²) < 4.78 is 0. The molecule has 96 valence electrons. The van der Waals surface area contributed by atoms with Crippen LogP contribution in [0.25, 0.3) is 0 Å². The van der Waals surface area contributed by atoms with E-state index < -0.39 is 0 Å². The van der Waals surface area contributed by atoms with E-state index >= 15 is 0 Å². The fraction of sp³-hybridized carbons (Fsp3) is 0.929. The first-order valence-corrected chi connectivity index (χ1v) is 7.13. The quantitative estimate of drug-likeness (QED) is 0.777. The molecule has 0 aromatic carbocycles. The largest absolute Gasteiger partial charge is 0.353 e. The lowest BCUT2D eigenvalue weighted by atomic mass is 10.0. The summed E-state index contributed by atoms with van der Waals surface area (Å²) in [7, 11) is 0. The minimum Gasteiger partial charge on any atom is -0.353 e. The summed E-state index contributed by atoms with van der Waals surface area (Å²) in [5, 5.41) is 3.22. The van der Waals surface area contributed by atoms with E-state index in [4.69, 9.17) is 5.73 Å². The summed E-state index contributed by atoms with van der Waals surface area (Å²) in [6, 6.07) is 0.512. The highest BCUT2D eigenvalue weighted by Gasteiger charge is 2.65. The molecule has 3 aliphatic rings. The number of hydrogen-bond donors (Lipinski definition) is 2. The Bertz CT molecular complexity index is 312. The minimum absolute atomic E-state index is 0.00492. The highest BCUT2D eigenvalue weighted by atomic mass is 16.1. The molecule has 0 aliphatic heterocycles. The topological polar surface area (TPSA) is 55.1 Å². The molecule has 0 radical (unpaired) electrons. The van der Waals surface area contributed by atoms with Crippen LogP contribution in [0.1, 0.15) is 39.5 Å². The van der Waals surface area contributed by atoms with Crippen molar-refractivity contribution >= 4 is 5.91 Å². The standard InChI is InChI=1S/C14H24N2O/c1-7(2)10(15)6-11(17)16-14-12-8-3-4-9(5-8)13(12)14/h7-10,12-14H,3-6,15H2,1-2H3,(H,16,17). The maximum absolute atomic E-state index is 11.9. The lowest BCUT2D eigenvalue weighted by molar-refractivity contribution is -0.122. The highest BCUT2D eigenvalue weighted by molar-refractivity contribution is 5.77. The number of amides is 1. The van der Waals surface area contributed by atoms with Crippen molar-refractivity contribution in [1.82, 2.24) is 5.32 Å². The zero-order chi connectivity index (χ0) is 12.2. The number of carbonyl (C=O) groups excluding carboxylic acids is 1. The van der Waals surface area contributed by atoms with Crippen molar-refractivity contribution in [2.24, 2.45) is 35.3 Å². The molecule has 3 N–H and O–H groups in total. The van der Waals surface area contributed by atoms with Gasteiger partial charge in [0.05, 0.1) is 0 Å². The molecule has 5 atom stereocenters. The van der Waals surface area contributed by atoms with E-state index in [2.05, 4.69) is 19.2 Å². The molecule has 3 aliphatic carbocycles. The summed E-state index contributed by atoms with van der Waals surface area (Å²) in [6.07, 6.45) is 4.74. The van der Waals surface area contributed by atoms with E-state index in [1.807, 2.05) is 0 Å². The molecule has 3 fully saturated rings. The molecule has 3 rings (SSSR count). The van der Waals surface area contributed by atoms with Gasteiger partial charge < -0.3 is 11.1 Å². The van der Waals surface area contributed by atoms with Gasteiger partial charge in [-0.15, -0.1) is 0 Å². The van der Waals surface area contributed by atoms with Crippen LogP contribution in [0, 0.1) is 29.6 Å². The van der Waals surface area contributed by atoms with E-state index in [-0.39, 0.29) is 11.9 Å². The lowest BCUT2D eigenvalue weighted by Crippen LogP contribution is -2.37. The smallest absolute Gasteiger partial charge is 0.221 e. The van der Waals surface area contributed by atoms with Crippen LogP contribution < -0.4 is 11.1 Å². The molecular weight excluding hydrogens is 212 g/mol. The number of fused-ring (bicyclic) bond motifs is 5. The summed E-state index contributed by atoms with van der Waals surface area (Å²) in [5.74, 6) is 4.06. The number of carbonyl (C=O) groups is 1. The van der Waals surface area contributed by atoms with Crippen molar-refractivity contribution in [3.63, 3.8) is 0 Å². The second-order valence-electron chi connectivity index (χ2n) is 6.69. The van der Waals surface area contributed by atoms with Crippen LogP contribution in [0.4, 0.5) is 0 Å². The Labute approximate surface area is 104 Å². The fourth-order valence-corrected chi connectivity index (χ4v) is 4.21. The second-order valence-corrected chi connectivity index (χ2v) is 6.69. The zero-order valence-electron chi connectivity index (χ0n) is 10.9. The number of nitrogens with two attached hydrogens (primary N) is 1. The van der Waals surface area contributed by atoms with Gasteiger partial charge in [-0.3, -0.25) is 4.79 Å². The van der Waals surface area contributed by atoms with Crippen molar-refractivity contribution in [3.8, 4) is 0 Å². The monoisotopic (exact) mass is 236 g/mol. The van der Waals surface area contributed by atoms with Gasteiger partial charge in [0, 0.05) is 18.5 Å². The fourth-order valence-electron chi connectivity index (χ4n) is 4.21. The summed E-state index contributed by atoms with van der Waals surface area (Å²) in [6.45, 7) is 4.15. The van der Waals surface area contributed by atoms with Crippen LogP contribution in [0.3, 0.4) is 0 Å². The number of hydrogen-bond acceptors (Lipinski definition) is 2. The molecule has 0 saturated heterocycles. The third-order valence-electron chi connectivity index (χ3n) is 5.34. The van der Waals surface area contributed by atoms with Gasteiger partial charge in [0.25, 0.3) is 0 Å². The van der Waals surface area contributed by atoms with Crippen LogP contribution in [-0.2, 0) is 4.79 Å². The third-order valence-corrected chi connectivity index (χ3v) is 5.34. The molecule has 0 aromatic rings. The van der Waals surface area contributed by atoms with Gasteiger partial charge in [0.15, 0.2) is 0 Å². The van der Waals surface area contributed by atoms with Gasteiger partial charge in [-0.25, -0.2) is 0 Å². The summed E-state index contributed by atoms with van der Waals surface area (Å²) >= 11 is 0. The van der Waals surface area contributed by atoms with Crippen LogP contribution in [0.15, 0.2) is 0 Å². The minimum atomic E-state index is 0.00492. The maximum atomic E-state index is 11.9. The molecule has 5 unspecified atom stereocenters. The van der Waals surface area contributed by atoms with Gasteiger partial charge in [-0.05, 0) is 48.9 Å². The van der Waals surface area contributed by atoms with Gasteiger partial charge in [-0.2, -0.15) is 0 Å². The average Bonchev–Trinajstić information content (AvgIpc) is 2.70. The van der Waals surface area contributed by atoms with Gasteiger partial charge >= 0.3 is 0 Å². The molecule has 3 nitrogen and oxygen atoms in total. The Balaban J connectivity index is 1.48. The Hall–Kier alpha value is -0.570. The first-order chi connectivity index (χ1) is 8.08. The molecule has 2 bridgehead atoms. The zero-order valence-corrected chi connectivity index (χ0v) is 10.9. The number of rotatable bonds is 4. The average molecular weight is 236 g/mol. The van der Waals surface area contributed by atoms with Gasteiger partial charge in [0.2, 0.25) is 5.91 Å². The van der Waals surface area contributed by atoms with Crippen LogP contribution in [0.2, 0.25) is 0 Å². The van der Waals surface area contributed by atoms with Crippen molar-refractivity contribution in [1.29, 1.82) is 0 Å². The third kappa shape index (κ3) is 1.88. The Morgan fingerprint density at radius 1 is 1.29 bits per heavy atom. The summed E-state index contributed by atoms with van der Waals surface area (Å²) in [5.41, 5.74) is 5.94. The van der Waals surface area contributed by atoms with Crippen molar-refractivity contribution in [2.75, 3.05) is 0 Å². The van der Waals surface area contributed by atoms with E-state index in [9.17, 15) is 4.79 Å². The first kappa shape index (κ1) is 11.5. The Morgan fingerprint density at radius 3 is 2.41 bits per heavy atom. The van der Waals surface area contributed by atoms with Crippen LogP contribution in [0.5, 0.6) is 0 Å². The normalized spacial score (nSPS) is 43.6. The Morgan fingerprint density at radius 2 is 1.88 bits per heavy atom. The predicted molar refractivity (Wildman–Crippen MR) is 67.2 cm³/mol. The molecule has 1 amide bonds. The molecule has 0 aromatic heterocycles. The number of nitrogens with one attached hydrogen (secondary N) is 1. The van der Waals surface area contributed by atoms with Crippen molar-refractivity contribution in [3.05, 3.63) is 0 Å². The van der Waals surface area contributed by atoms with E-state index in [0.29, 0.717) is 18.4 Å². The van der Waals surface area contributed by atoms with E-state index in [1.54, 1.807) is 0 Å². The molecular formula is C14H24N2O. The molecule has 3 saturated carbocycles.